The molecule has 1 atom stereocenters. The molecule has 1 amide bonds. The highest BCUT2D eigenvalue weighted by molar-refractivity contribution is 5.82. The van der Waals surface area contributed by atoms with E-state index in [0.29, 0.717) is 24.0 Å². The van der Waals surface area contributed by atoms with E-state index in [9.17, 15) is 9.59 Å². The van der Waals surface area contributed by atoms with Gasteiger partial charge in [-0.2, -0.15) is 0 Å². The molecule has 8 nitrogen and oxygen atoms in total. The molecule has 1 fully saturated rings. The number of aromatic nitrogens is 2. The van der Waals surface area contributed by atoms with Crippen LogP contribution in [0.15, 0.2) is 53.6 Å². The lowest BCUT2D eigenvalue weighted by Crippen LogP contribution is -2.51. The molecule has 172 valence electrons. The molecular formula is C25H28N4O4. The van der Waals surface area contributed by atoms with Crippen molar-refractivity contribution in [2.45, 2.75) is 26.4 Å². The maximum atomic E-state index is 13.5. The van der Waals surface area contributed by atoms with E-state index < -0.39 is 6.04 Å². The second-order valence-electron chi connectivity index (χ2n) is 8.95. The Morgan fingerprint density at radius 2 is 1.79 bits per heavy atom. The van der Waals surface area contributed by atoms with Crippen LogP contribution >= 0.6 is 0 Å². The Labute approximate surface area is 192 Å². The Bertz CT molecular complexity index is 1230. The van der Waals surface area contributed by atoms with Gasteiger partial charge in [0, 0.05) is 32.7 Å². The van der Waals surface area contributed by atoms with Crippen LogP contribution in [0, 0.1) is 5.92 Å². The SMILES string of the molecule is CC(C)[C@@H](C(=O)N1CCN(Cc2ccc3c(c2)OCO3)CC1)n1cnc2ccccc2c1=O. The molecule has 3 aromatic rings. The molecule has 0 bridgehead atoms. The summed E-state index contributed by atoms with van der Waals surface area (Å²) in [5.41, 5.74) is 1.63. The van der Waals surface area contributed by atoms with Gasteiger partial charge in [-0.15, -0.1) is 0 Å². The zero-order valence-electron chi connectivity index (χ0n) is 18.9. The molecular weight excluding hydrogens is 420 g/mol. The van der Waals surface area contributed by atoms with Crippen molar-refractivity contribution >= 4 is 16.8 Å². The van der Waals surface area contributed by atoms with Crippen LogP contribution in [0.2, 0.25) is 0 Å². The van der Waals surface area contributed by atoms with Gasteiger partial charge in [0.1, 0.15) is 6.04 Å². The molecule has 0 radical (unpaired) electrons. The quantitative estimate of drug-likeness (QED) is 0.597. The topological polar surface area (TPSA) is 76.9 Å². The van der Waals surface area contributed by atoms with Gasteiger partial charge in [-0.25, -0.2) is 4.98 Å². The average Bonchev–Trinajstić information content (AvgIpc) is 3.29. The largest absolute Gasteiger partial charge is 0.454 e. The van der Waals surface area contributed by atoms with Crippen molar-refractivity contribution in [3.05, 3.63) is 64.7 Å². The normalized spacial score (nSPS) is 17.0. The summed E-state index contributed by atoms with van der Waals surface area (Å²) in [5, 5.41) is 0.534. The third kappa shape index (κ3) is 4.18. The minimum atomic E-state index is -0.574. The average molecular weight is 449 g/mol. The Morgan fingerprint density at radius 3 is 2.58 bits per heavy atom. The Morgan fingerprint density at radius 1 is 1.03 bits per heavy atom. The maximum Gasteiger partial charge on any atom is 0.261 e. The van der Waals surface area contributed by atoms with Crippen LogP contribution in [-0.2, 0) is 11.3 Å². The van der Waals surface area contributed by atoms with Crippen molar-refractivity contribution in [1.29, 1.82) is 0 Å². The Balaban J connectivity index is 1.28. The van der Waals surface area contributed by atoms with Gasteiger partial charge < -0.3 is 14.4 Å². The molecule has 2 aliphatic heterocycles. The third-order valence-electron chi connectivity index (χ3n) is 6.40. The van der Waals surface area contributed by atoms with Crippen molar-refractivity contribution in [1.82, 2.24) is 19.4 Å². The Kier molecular flexibility index (Phi) is 5.76. The van der Waals surface area contributed by atoms with Crippen molar-refractivity contribution in [3.63, 3.8) is 0 Å². The fourth-order valence-corrected chi connectivity index (χ4v) is 4.62. The fraction of sp³-hybridized carbons (Fsp3) is 0.400. The second kappa shape index (κ2) is 8.86. The molecule has 5 rings (SSSR count). The lowest BCUT2D eigenvalue weighted by Gasteiger charge is -2.37. The fourth-order valence-electron chi connectivity index (χ4n) is 4.62. The van der Waals surface area contributed by atoms with E-state index in [1.807, 2.05) is 49.1 Å². The maximum absolute atomic E-state index is 13.5. The molecule has 2 aromatic carbocycles. The molecule has 1 aromatic heterocycles. The van der Waals surface area contributed by atoms with Gasteiger partial charge in [-0.05, 0) is 35.7 Å². The van der Waals surface area contributed by atoms with E-state index in [2.05, 4.69) is 16.0 Å². The molecule has 8 heteroatoms. The number of hydrogen-bond acceptors (Lipinski definition) is 6. The monoisotopic (exact) mass is 448 g/mol. The first-order chi connectivity index (χ1) is 16.0. The van der Waals surface area contributed by atoms with Crippen LogP contribution in [-0.4, -0.2) is 58.2 Å². The first-order valence-electron chi connectivity index (χ1n) is 11.4. The van der Waals surface area contributed by atoms with Crippen molar-refractivity contribution < 1.29 is 14.3 Å². The molecule has 33 heavy (non-hydrogen) atoms. The minimum absolute atomic E-state index is 0.0214. The van der Waals surface area contributed by atoms with Crippen LogP contribution in [0.4, 0.5) is 0 Å². The van der Waals surface area contributed by atoms with Crippen molar-refractivity contribution in [2.75, 3.05) is 33.0 Å². The number of piperazine rings is 1. The molecule has 1 saturated heterocycles. The van der Waals surface area contributed by atoms with E-state index in [4.69, 9.17) is 9.47 Å². The van der Waals surface area contributed by atoms with Crippen LogP contribution in [0.5, 0.6) is 11.5 Å². The summed E-state index contributed by atoms with van der Waals surface area (Å²) in [6.07, 6.45) is 1.52. The number of ether oxygens (including phenoxy) is 2. The van der Waals surface area contributed by atoms with Gasteiger partial charge in [0.05, 0.1) is 17.2 Å². The van der Waals surface area contributed by atoms with E-state index >= 15 is 0 Å². The number of carbonyl (C=O) groups is 1. The highest BCUT2D eigenvalue weighted by Gasteiger charge is 2.32. The van der Waals surface area contributed by atoms with Gasteiger partial charge in [-0.3, -0.25) is 19.1 Å². The number of carbonyl (C=O) groups excluding carboxylic acids is 1. The summed E-state index contributed by atoms with van der Waals surface area (Å²) < 4.78 is 12.4. The Hall–Kier alpha value is -3.39. The number of hydrogen-bond donors (Lipinski definition) is 0. The zero-order valence-corrected chi connectivity index (χ0v) is 18.9. The molecule has 0 aliphatic carbocycles. The highest BCUT2D eigenvalue weighted by atomic mass is 16.7. The van der Waals surface area contributed by atoms with Gasteiger partial charge in [0.15, 0.2) is 11.5 Å². The number of benzene rings is 2. The minimum Gasteiger partial charge on any atom is -0.454 e. The summed E-state index contributed by atoms with van der Waals surface area (Å²) >= 11 is 0. The van der Waals surface area contributed by atoms with Crippen LogP contribution in [0.3, 0.4) is 0 Å². The van der Waals surface area contributed by atoms with Gasteiger partial charge in [-0.1, -0.05) is 32.0 Å². The summed E-state index contributed by atoms with van der Waals surface area (Å²) in [7, 11) is 0. The predicted molar refractivity (Wildman–Crippen MR) is 124 cm³/mol. The standard InChI is InChI=1S/C25H28N4O4/c1-17(2)23(29-15-26-20-6-4-3-5-19(20)24(29)30)25(31)28-11-9-27(10-12-28)14-18-7-8-21-22(13-18)33-16-32-21/h3-8,13,15,17,23H,9-12,14,16H2,1-2H3/t23-/m0/s1. The van der Waals surface area contributed by atoms with Crippen LogP contribution in [0.1, 0.15) is 25.5 Å². The third-order valence-corrected chi connectivity index (χ3v) is 6.40. The van der Waals surface area contributed by atoms with E-state index in [0.717, 1.165) is 36.7 Å². The molecule has 0 saturated carbocycles. The zero-order chi connectivity index (χ0) is 22.9. The second-order valence-corrected chi connectivity index (χ2v) is 8.95. The van der Waals surface area contributed by atoms with Gasteiger partial charge >= 0.3 is 0 Å². The van der Waals surface area contributed by atoms with E-state index in [1.165, 1.54) is 10.9 Å². The smallest absolute Gasteiger partial charge is 0.261 e. The molecule has 0 spiro atoms. The molecule has 0 N–H and O–H groups in total. The van der Waals surface area contributed by atoms with Crippen LogP contribution < -0.4 is 15.0 Å². The van der Waals surface area contributed by atoms with Crippen LogP contribution in [0.25, 0.3) is 10.9 Å². The van der Waals surface area contributed by atoms with Crippen molar-refractivity contribution in [3.8, 4) is 11.5 Å². The number of para-hydroxylation sites is 1. The number of amides is 1. The van der Waals surface area contributed by atoms with Gasteiger partial charge in [0.25, 0.3) is 5.56 Å². The first kappa shape index (κ1) is 21.5. The summed E-state index contributed by atoms with van der Waals surface area (Å²) in [4.78, 5) is 35.3. The van der Waals surface area contributed by atoms with Crippen molar-refractivity contribution in [2.24, 2.45) is 5.92 Å². The first-order valence-corrected chi connectivity index (χ1v) is 11.4. The lowest BCUT2D eigenvalue weighted by atomic mass is 10.0. The van der Waals surface area contributed by atoms with E-state index in [1.54, 1.807) is 6.07 Å². The summed E-state index contributed by atoms with van der Waals surface area (Å²) in [6.45, 7) is 7.81. The molecule has 0 unspecified atom stereocenters. The summed E-state index contributed by atoms with van der Waals surface area (Å²) in [6, 6.07) is 12.7. The molecule has 2 aliphatic rings. The summed E-state index contributed by atoms with van der Waals surface area (Å²) in [5.74, 6) is 1.51. The number of rotatable bonds is 5. The number of nitrogens with zero attached hydrogens (tertiary/aromatic N) is 4. The lowest BCUT2D eigenvalue weighted by molar-refractivity contribution is -0.138. The van der Waals surface area contributed by atoms with E-state index in [-0.39, 0.29) is 24.2 Å². The predicted octanol–water partition coefficient (Wildman–Crippen LogP) is 2.67. The number of fused-ring (bicyclic) bond motifs is 2. The van der Waals surface area contributed by atoms with Gasteiger partial charge in [0.2, 0.25) is 12.7 Å². The highest BCUT2D eigenvalue weighted by Crippen LogP contribution is 2.33. The molecule has 3 heterocycles.